The largest absolute Gasteiger partial charge is 0.465 e. The first-order valence-electron chi connectivity index (χ1n) is 4.64. The lowest BCUT2D eigenvalue weighted by molar-refractivity contribution is 0.0600. The molecule has 1 aliphatic heterocycles. The summed E-state index contributed by atoms with van der Waals surface area (Å²) in [6, 6.07) is 6.68. The molecular formula is C10H8Cl3NO3. The second kappa shape index (κ2) is 4.63. The van der Waals surface area contributed by atoms with Crippen LogP contribution in [0.4, 0.5) is 0 Å². The zero-order valence-corrected chi connectivity index (χ0v) is 11.0. The predicted molar refractivity (Wildman–Crippen MR) is 63.7 cm³/mol. The van der Waals surface area contributed by atoms with Gasteiger partial charge in [-0.15, -0.1) is 5.06 Å². The molecule has 2 unspecified atom stereocenters. The van der Waals surface area contributed by atoms with E-state index in [1.807, 2.05) is 0 Å². The molecule has 1 aromatic rings. The van der Waals surface area contributed by atoms with Gasteiger partial charge >= 0.3 is 5.97 Å². The summed E-state index contributed by atoms with van der Waals surface area (Å²) in [5, 5.41) is 1.23. The first-order valence-corrected chi connectivity index (χ1v) is 5.78. The Balaban J connectivity index is 2.08. The van der Waals surface area contributed by atoms with Gasteiger partial charge in [0, 0.05) is 0 Å². The van der Waals surface area contributed by atoms with Crippen molar-refractivity contribution in [2.75, 3.05) is 7.11 Å². The zero-order valence-electron chi connectivity index (χ0n) is 8.69. The number of hydrogen-bond donors (Lipinski definition) is 0. The topological polar surface area (TPSA) is 41.8 Å². The molecule has 92 valence electrons. The van der Waals surface area contributed by atoms with Gasteiger partial charge in [-0.2, -0.15) is 0 Å². The van der Waals surface area contributed by atoms with Gasteiger partial charge in [-0.05, 0) is 17.7 Å². The SMILES string of the molecule is COC(=O)c1ccc(C2ON2C(Cl)(Cl)Cl)cc1. The van der Waals surface area contributed by atoms with Crippen molar-refractivity contribution in [3.63, 3.8) is 0 Å². The standard InChI is InChI=1S/C10H8Cl3NO3/c1-16-9(15)7-4-2-6(3-5-7)8-14(17-8)10(11,12)13/h2-5,8H,1H3. The number of hydroxylamine groups is 2. The molecule has 4 nitrogen and oxygen atoms in total. The molecule has 17 heavy (non-hydrogen) atoms. The van der Waals surface area contributed by atoms with E-state index in [1.165, 1.54) is 12.2 Å². The van der Waals surface area contributed by atoms with Gasteiger partial charge in [0.1, 0.15) is 0 Å². The molecule has 0 radical (unpaired) electrons. The number of ether oxygens (including phenoxy) is 1. The molecule has 0 aromatic heterocycles. The van der Waals surface area contributed by atoms with E-state index in [0.29, 0.717) is 5.56 Å². The molecule has 2 atom stereocenters. The quantitative estimate of drug-likeness (QED) is 0.364. The second-order valence-corrected chi connectivity index (χ2v) is 5.59. The molecule has 0 amide bonds. The fraction of sp³-hybridized carbons (Fsp3) is 0.300. The molecule has 7 heteroatoms. The summed E-state index contributed by atoms with van der Waals surface area (Å²) in [6.45, 7) is 0. The van der Waals surface area contributed by atoms with Crippen LogP contribution >= 0.6 is 34.8 Å². The number of carbonyl (C=O) groups excluding carboxylic acids is 1. The summed E-state index contributed by atoms with van der Waals surface area (Å²) in [5.41, 5.74) is 1.25. The minimum absolute atomic E-state index is 0.394. The molecule has 0 saturated carbocycles. The fourth-order valence-corrected chi connectivity index (χ4v) is 1.76. The van der Waals surface area contributed by atoms with Crippen molar-refractivity contribution < 1.29 is 14.4 Å². The van der Waals surface area contributed by atoms with Gasteiger partial charge in [-0.1, -0.05) is 46.9 Å². The predicted octanol–water partition coefficient (Wildman–Crippen LogP) is 3.05. The molecule has 1 heterocycles. The third-order valence-electron chi connectivity index (χ3n) is 2.25. The molecule has 1 aromatic carbocycles. The number of nitrogens with zero attached hydrogens (tertiary/aromatic N) is 1. The maximum absolute atomic E-state index is 11.2. The van der Waals surface area contributed by atoms with Gasteiger partial charge in [-0.3, -0.25) is 4.84 Å². The highest BCUT2D eigenvalue weighted by Gasteiger charge is 2.51. The fourth-order valence-electron chi connectivity index (χ4n) is 1.37. The molecule has 1 saturated heterocycles. The molecule has 0 spiro atoms. The first-order chi connectivity index (χ1) is 7.93. The average molecular weight is 297 g/mol. The van der Waals surface area contributed by atoms with Gasteiger partial charge in [0.25, 0.3) is 3.92 Å². The van der Waals surface area contributed by atoms with E-state index in [1.54, 1.807) is 24.3 Å². The van der Waals surface area contributed by atoms with E-state index in [-0.39, 0.29) is 0 Å². The van der Waals surface area contributed by atoms with Crippen LogP contribution in [0.2, 0.25) is 0 Å². The van der Waals surface area contributed by atoms with E-state index >= 15 is 0 Å². The van der Waals surface area contributed by atoms with Crippen LogP contribution in [0.1, 0.15) is 22.1 Å². The lowest BCUT2D eigenvalue weighted by atomic mass is 10.1. The van der Waals surface area contributed by atoms with E-state index in [0.717, 1.165) is 5.56 Å². The maximum Gasteiger partial charge on any atom is 0.337 e. The Morgan fingerprint density at radius 2 is 1.94 bits per heavy atom. The third-order valence-corrected chi connectivity index (χ3v) is 2.75. The molecule has 1 fully saturated rings. The molecular weight excluding hydrogens is 288 g/mol. The molecule has 0 aliphatic carbocycles. The van der Waals surface area contributed by atoms with Crippen molar-refractivity contribution in [2.24, 2.45) is 0 Å². The van der Waals surface area contributed by atoms with Crippen molar-refractivity contribution in [1.82, 2.24) is 5.06 Å². The Morgan fingerprint density at radius 3 is 2.35 bits per heavy atom. The summed E-state index contributed by atoms with van der Waals surface area (Å²) in [6.07, 6.45) is -0.394. The minimum Gasteiger partial charge on any atom is -0.465 e. The Morgan fingerprint density at radius 1 is 1.35 bits per heavy atom. The van der Waals surface area contributed by atoms with Gasteiger partial charge in [0.15, 0.2) is 6.23 Å². The number of benzene rings is 1. The number of esters is 1. The summed E-state index contributed by atoms with van der Waals surface area (Å²) in [4.78, 5) is 16.3. The van der Waals surface area contributed by atoms with E-state index < -0.39 is 16.1 Å². The highest BCUT2D eigenvalue weighted by atomic mass is 35.6. The van der Waals surface area contributed by atoms with Crippen LogP contribution in [0.25, 0.3) is 0 Å². The van der Waals surface area contributed by atoms with Crippen LogP contribution < -0.4 is 0 Å². The summed E-state index contributed by atoms with van der Waals surface area (Å²) in [7, 11) is 1.32. The van der Waals surface area contributed by atoms with Gasteiger partial charge in [-0.25, -0.2) is 4.79 Å². The van der Waals surface area contributed by atoms with Crippen LogP contribution in [0, 0.1) is 0 Å². The maximum atomic E-state index is 11.2. The van der Waals surface area contributed by atoms with E-state index in [4.69, 9.17) is 39.6 Å². The average Bonchev–Trinajstić information content (AvgIpc) is 3.08. The van der Waals surface area contributed by atoms with Crippen molar-refractivity contribution in [3.8, 4) is 0 Å². The van der Waals surface area contributed by atoms with Gasteiger partial charge < -0.3 is 4.74 Å². The monoisotopic (exact) mass is 295 g/mol. The van der Waals surface area contributed by atoms with Crippen LogP contribution in [-0.2, 0) is 9.57 Å². The number of methoxy groups -OCH3 is 1. The van der Waals surface area contributed by atoms with Gasteiger partial charge in [0.2, 0.25) is 0 Å². The lowest BCUT2D eigenvalue weighted by Gasteiger charge is -2.07. The Hall–Kier alpha value is -0.520. The van der Waals surface area contributed by atoms with Crippen molar-refractivity contribution in [2.45, 2.75) is 10.1 Å². The molecule has 1 aliphatic rings. The highest BCUT2D eigenvalue weighted by Crippen LogP contribution is 2.49. The Labute approximate surface area is 113 Å². The highest BCUT2D eigenvalue weighted by molar-refractivity contribution is 6.67. The second-order valence-electron chi connectivity index (χ2n) is 3.36. The Bertz CT molecular complexity index is 429. The number of rotatable bonds is 2. The number of hydrogen-bond acceptors (Lipinski definition) is 4. The number of halogens is 3. The molecule has 2 rings (SSSR count). The Kier molecular flexibility index (Phi) is 3.52. The van der Waals surface area contributed by atoms with Crippen LogP contribution in [0.3, 0.4) is 0 Å². The molecule has 0 N–H and O–H groups in total. The smallest absolute Gasteiger partial charge is 0.337 e. The third kappa shape index (κ3) is 2.84. The summed E-state index contributed by atoms with van der Waals surface area (Å²) in [5.74, 6) is -0.397. The van der Waals surface area contributed by atoms with Crippen LogP contribution in [0.15, 0.2) is 24.3 Å². The summed E-state index contributed by atoms with van der Waals surface area (Å²) < 4.78 is 2.99. The molecule has 0 bridgehead atoms. The van der Waals surface area contributed by atoms with E-state index in [2.05, 4.69) is 4.74 Å². The van der Waals surface area contributed by atoms with E-state index in [9.17, 15) is 4.79 Å². The van der Waals surface area contributed by atoms with Crippen LogP contribution in [0.5, 0.6) is 0 Å². The first kappa shape index (κ1) is 12.9. The zero-order chi connectivity index (χ0) is 12.6. The number of alkyl halides is 3. The van der Waals surface area contributed by atoms with Gasteiger partial charge in [0.05, 0.1) is 12.7 Å². The van der Waals surface area contributed by atoms with Crippen LogP contribution in [-0.4, -0.2) is 22.1 Å². The normalized spacial score (nSPS) is 23.3. The van der Waals surface area contributed by atoms with Crippen molar-refractivity contribution >= 4 is 40.8 Å². The lowest BCUT2D eigenvalue weighted by Crippen LogP contribution is -2.15. The van der Waals surface area contributed by atoms with Crippen molar-refractivity contribution in [1.29, 1.82) is 0 Å². The van der Waals surface area contributed by atoms with Crippen molar-refractivity contribution in [3.05, 3.63) is 35.4 Å². The minimum atomic E-state index is -1.59. The number of carbonyl (C=O) groups is 1. The summed E-state index contributed by atoms with van der Waals surface area (Å²) >= 11 is 16.9.